The third-order valence-electron chi connectivity index (χ3n) is 4.32. The van der Waals surface area contributed by atoms with Crippen molar-refractivity contribution >= 4 is 16.9 Å². The number of hydrogen-bond acceptors (Lipinski definition) is 6. The number of aromatic amines is 1. The Kier molecular flexibility index (Phi) is 4.49. The second kappa shape index (κ2) is 7.13. The van der Waals surface area contributed by atoms with E-state index in [1.807, 2.05) is 24.3 Å². The number of amides is 1. The van der Waals surface area contributed by atoms with Gasteiger partial charge in [-0.3, -0.25) is 4.79 Å². The molecule has 4 heterocycles. The monoisotopic (exact) mass is 383 g/mol. The molecule has 29 heavy (non-hydrogen) atoms. The summed E-state index contributed by atoms with van der Waals surface area (Å²) >= 11 is 0. The first-order valence-electron chi connectivity index (χ1n) is 8.90. The van der Waals surface area contributed by atoms with Crippen molar-refractivity contribution in [3.05, 3.63) is 60.9 Å². The number of nitriles is 1. The highest BCUT2D eigenvalue weighted by Crippen LogP contribution is 2.26. The molecule has 0 unspecified atom stereocenters. The van der Waals surface area contributed by atoms with Crippen LogP contribution in [0.2, 0.25) is 0 Å². The minimum Gasteiger partial charge on any atom is -0.339 e. The zero-order valence-corrected chi connectivity index (χ0v) is 15.8. The van der Waals surface area contributed by atoms with Crippen molar-refractivity contribution in [2.75, 3.05) is 0 Å². The van der Waals surface area contributed by atoms with Crippen LogP contribution in [0.4, 0.5) is 0 Å². The Hall–Kier alpha value is -4.12. The topological polar surface area (TPSA) is 120 Å². The fourth-order valence-corrected chi connectivity index (χ4v) is 2.85. The molecule has 0 radical (unpaired) electrons. The number of aromatic nitrogens is 5. The summed E-state index contributed by atoms with van der Waals surface area (Å²) < 4.78 is 0. The molecule has 8 nitrogen and oxygen atoms in total. The average Bonchev–Trinajstić information content (AvgIpc) is 3.17. The van der Waals surface area contributed by atoms with Gasteiger partial charge in [0.1, 0.15) is 23.2 Å². The van der Waals surface area contributed by atoms with Crippen molar-refractivity contribution in [1.29, 1.82) is 5.26 Å². The lowest BCUT2D eigenvalue weighted by molar-refractivity contribution is 0.0924. The van der Waals surface area contributed by atoms with Gasteiger partial charge in [0.25, 0.3) is 5.91 Å². The minimum absolute atomic E-state index is 0.238. The molecule has 0 aliphatic carbocycles. The van der Waals surface area contributed by atoms with Gasteiger partial charge < -0.3 is 10.3 Å². The predicted molar refractivity (Wildman–Crippen MR) is 108 cm³/mol. The zero-order chi connectivity index (χ0) is 20.4. The van der Waals surface area contributed by atoms with Crippen LogP contribution in [0.25, 0.3) is 33.5 Å². The molecule has 0 aliphatic rings. The van der Waals surface area contributed by atoms with Gasteiger partial charge in [-0.05, 0) is 38.1 Å². The van der Waals surface area contributed by atoms with Crippen LogP contribution in [0, 0.1) is 11.3 Å². The number of H-pyrrole nitrogens is 1. The van der Waals surface area contributed by atoms with Gasteiger partial charge in [0.15, 0.2) is 0 Å². The Bertz CT molecular complexity index is 1240. The maximum atomic E-state index is 12.4. The molecule has 0 atom stereocenters. The maximum Gasteiger partial charge on any atom is 0.271 e. The lowest BCUT2D eigenvalue weighted by Gasteiger charge is -2.17. The van der Waals surface area contributed by atoms with Crippen molar-refractivity contribution in [2.24, 2.45) is 0 Å². The van der Waals surface area contributed by atoms with Crippen molar-refractivity contribution in [3.8, 4) is 28.6 Å². The first-order chi connectivity index (χ1) is 13.9. The van der Waals surface area contributed by atoms with Gasteiger partial charge in [0.05, 0.1) is 17.5 Å². The lowest BCUT2D eigenvalue weighted by atomic mass is 10.1. The second-order valence-corrected chi connectivity index (χ2v) is 7.07. The largest absolute Gasteiger partial charge is 0.339 e. The number of pyridine rings is 2. The molecule has 4 rings (SSSR count). The summed E-state index contributed by atoms with van der Waals surface area (Å²) in [6.07, 6.45) is 6.64. The van der Waals surface area contributed by atoms with Crippen LogP contribution in [0.1, 0.15) is 24.3 Å². The van der Waals surface area contributed by atoms with Crippen LogP contribution in [0.15, 0.2) is 55.2 Å². The Balaban J connectivity index is 1.66. The molecule has 0 bridgehead atoms. The molecule has 2 N–H and O–H groups in total. The molecule has 0 spiro atoms. The predicted octanol–water partition coefficient (Wildman–Crippen LogP) is 3.11. The molecule has 0 aliphatic heterocycles. The number of hydrogen-bond donors (Lipinski definition) is 2. The molecule has 4 aromatic heterocycles. The molecule has 0 saturated heterocycles. The summed E-state index contributed by atoms with van der Waals surface area (Å²) in [5.41, 5.74) is 3.13. The third-order valence-corrected chi connectivity index (χ3v) is 4.32. The Morgan fingerprint density at radius 1 is 1.14 bits per heavy atom. The van der Waals surface area contributed by atoms with E-state index in [0.717, 1.165) is 27.9 Å². The number of nitrogens with zero attached hydrogens (tertiary/aromatic N) is 5. The molecule has 0 aromatic carbocycles. The number of carbonyl (C=O) groups is 1. The maximum absolute atomic E-state index is 12.4. The van der Waals surface area contributed by atoms with Gasteiger partial charge >= 0.3 is 0 Å². The highest BCUT2D eigenvalue weighted by atomic mass is 16.2. The number of carbonyl (C=O) groups excluding carboxylic acids is 1. The van der Waals surface area contributed by atoms with Crippen LogP contribution in [0.3, 0.4) is 0 Å². The fourth-order valence-electron chi connectivity index (χ4n) is 2.85. The fraction of sp³-hybridized carbons (Fsp3) is 0.143. The normalized spacial score (nSPS) is 11.2. The molecule has 0 saturated carbocycles. The van der Waals surface area contributed by atoms with Crippen LogP contribution < -0.4 is 5.32 Å². The van der Waals surface area contributed by atoms with Gasteiger partial charge in [-0.25, -0.2) is 19.9 Å². The van der Waals surface area contributed by atoms with Gasteiger partial charge in [0.2, 0.25) is 0 Å². The third kappa shape index (κ3) is 3.80. The van der Waals surface area contributed by atoms with E-state index >= 15 is 0 Å². The minimum atomic E-state index is -0.974. The van der Waals surface area contributed by atoms with E-state index < -0.39 is 11.4 Å². The van der Waals surface area contributed by atoms with Crippen LogP contribution in [-0.2, 0) is 0 Å². The van der Waals surface area contributed by atoms with E-state index in [1.54, 1.807) is 44.6 Å². The van der Waals surface area contributed by atoms with Crippen LogP contribution in [0.5, 0.6) is 0 Å². The SMILES string of the molecule is CC(C)(C#N)NC(=O)c1cccc(-c2cnc3[nH]c(-c4cncnc4)cc3c2)n1. The zero-order valence-electron chi connectivity index (χ0n) is 15.8. The highest BCUT2D eigenvalue weighted by Gasteiger charge is 2.21. The number of fused-ring (bicyclic) bond motifs is 1. The van der Waals surface area contributed by atoms with Crippen LogP contribution >= 0.6 is 0 Å². The Morgan fingerprint density at radius 3 is 2.69 bits per heavy atom. The summed E-state index contributed by atoms with van der Waals surface area (Å²) in [6.45, 7) is 3.27. The van der Waals surface area contributed by atoms with E-state index in [1.165, 1.54) is 6.33 Å². The molecule has 4 aromatic rings. The number of nitrogens with one attached hydrogen (secondary N) is 2. The molecule has 1 amide bonds. The lowest BCUT2D eigenvalue weighted by Crippen LogP contribution is -2.42. The highest BCUT2D eigenvalue weighted by molar-refractivity contribution is 5.94. The van der Waals surface area contributed by atoms with Crippen LogP contribution in [-0.4, -0.2) is 36.4 Å². The van der Waals surface area contributed by atoms with Crippen molar-refractivity contribution in [3.63, 3.8) is 0 Å². The summed E-state index contributed by atoms with van der Waals surface area (Å²) in [5.74, 6) is -0.402. The summed E-state index contributed by atoms with van der Waals surface area (Å²) in [7, 11) is 0. The van der Waals surface area contributed by atoms with Gasteiger partial charge in [-0.15, -0.1) is 0 Å². The second-order valence-electron chi connectivity index (χ2n) is 7.07. The van der Waals surface area contributed by atoms with E-state index in [-0.39, 0.29) is 5.69 Å². The first kappa shape index (κ1) is 18.3. The molecule has 142 valence electrons. The van der Waals surface area contributed by atoms with Gasteiger partial charge in [-0.2, -0.15) is 5.26 Å². The quantitative estimate of drug-likeness (QED) is 0.559. The average molecular weight is 383 g/mol. The summed E-state index contributed by atoms with van der Waals surface area (Å²) in [6, 6.07) is 11.1. The molecular formula is C21H17N7O. The molecule has 0 fully saturated rings. The van der Waals surface area contributed by atoms with Crippen molar-refractivity contribution < 1.29 is 4.79 Å². The standard InChI is InChI=1S/C21H17N7O/c1-21(2,11-22)28-20(29)17-5-3-4-16(26-17)14-6-13-7-18(27-19(13)25-10-14)15-8-23-12-24-9-15/h3-10,12H,1-2H3,(H,25,27)(H,28,29). The van der Waals surface area contributed by atoms with Gasteiger partial charge in [0, 0.05) is 35.1 Å². The smallest absolute Gasteiger partial charge is 0.271 e. The summed E-state index contributed by atoms with van der Waals surface area (Å²) in [4.78, 5) is 32.6. The number of rotatable bonds is 4. The van der Waals surface area contributed by atoms with Gasteiger partial charge in [-0.1, -0.05) is 6.07 Å². The van der Waals surface area contributed by atoms with E-state index in [0.29, 0.717) is 5.69 Å². The van der Waals surface area contributed by atoms with E-state index in [2.05, 4.69) is 30.2 Å². The Labute approximate surface area is 166 Å². The van der Waals surface area contributed by atoms with E-state index in [4.69, 9.17) is 5.26 Å². The van der Waals surface area contributed by atoms with Crippen molar-refractivity contribution in [1.82, 2.24) is 30.2 Å². The summed E-state index contributed by atoms with van der Waals surface area (Å²) in [5, 5.41) is 12.7. The Morgan fingerprint density at radius 2 is 1.93 bits per heavy atom. The van der Waals surface area contributed by atoms with E-state index in [9.17, 15) is 4.79 Å². The molecule has 8 heteroatoms. The first-order valence-corrected chi connectivity index (χ1v) is 8.90. The van der Waals surface area contributed by atoms with Crippen molar-refractivity contribution in [2.45, 2.75) is 19.4 Å². The molecular weight excluding hydrogens is 366 g/mol.